The number of ketones is 3. The SMILES string of the molecule is CC(=O)[C@H]1CC[C@H]2[C@@H]3CCC4CC(O)C(N5CCC(=O)C6(CCCCC6)C5)C[C@]4(C)[C@H]3C(=O)C[C@]12C. The van der Waals surface area contributed by atoms with Crippen LogP contribution in [0, 0.1) is 45.8 Å². The Balaban J connectivity index is 1.27. The van der Waals surface area contributed by atoms with E-state index in [0.717, 1.165) is 77.3 Å². The summed E-state index contributed by atoms with van der Waals surface area (Å²) in [5.41, 5.74) is -0.459. The lowest BCUT2D eigenvalue weighted by molar-refractivity contribution is -0.172. The maximum atomic E-state index is 14.0. The molecule has 0 amide bonds. The van der Waals surface area contributed by atoms with Gasteiger partial charge in [-0.25, -0.2) is 0 Å². The summed E-state index contributed by atoms with van der Waals surface area (Å²) in [7, 11) is 0. The summed E-state index contributed by atoms with van der Waals surface area (Å²) < 4.78 is 0. The van der Waals surface area contributed by atoms with Gasteiger partial charge in [-0.1, -0.05) is 33.1 Å². The molecule has 5 nitrogen and oxygen atoms in total. The van der Waals surface area contributed by atoms with Crippen molar-refractivity contribution in [3.05, 3.63) is 0 Å². The topological polar surface area (TPSA) is 74.7 Å². The van der Waals surface area contributed by atoms with E-state index in [0.29, 0.717) is 42.2 Å². The van der Waals surface area contributed by atoms with Gasteiger partial charge in [0.2, 0.25) is 0 Å². The minimum Gasteiger partial charge on any atom is -0.391 e. The molecule has 0 aromatic carbocycles. The number of Topliss-reactive ketones (excluding diaryl/α,β-unsaturated/α-hetero) is 3. The van der Waals surface area contributed by atoms with Crippen LogP contribution in [0.5, 0.6) is 0 Å². The third-order valence-corrected chi connectivity index (χ3v) is 12.9. The number of rotatable bonds is 2. The summed E-state index contributed by atoms with van der Waals surface area (Å²) in [5, 5.41) is 11.4. The quantitative estimate of drug-likeness (QED) is 0.583. The molecule has 0 aromatic heterocycles. The Morgan fingerprint density at radius 2 is 1.75 bits per heavy atom. The second-order valence-electron chi connectivity index (χ2n) is 14.5. The molecule has 1 aliphatic heterocycles. The molecule has 36 heavy (non-hydrogen) atoms. The van der Waals surface area contributed by atoms with Crippen LogP contribution in [0.2, 0.25) is 0 Å². The van der Waals surface area contributed by atoms with Crippen molar-refractivity contribution in [1.29, 1.82) is 0 Å². The van der Waals surface area contributed by atoms with Crippen molar-refractivity contribution >= 4 is 17.3 Å². The molecule has 5 saturated carbocycles. The summed E-state index contributed by atoms with van der Waals surface area (Å²) >= 11 is 0. The van der Waals surface area contributed by atoms with Crippen molar-refractivity contribution in [2.24, 2.45) is 45.8 Å². The molecule has 3 unspecified atom stereocenters. The van der Waals surface area contributed by atoms with Gasteiger partial charge in [-0.3, -0.25) is 19.3 Å². The van der Waals surface area contributed by atoms with Gasteiger partial charge < -0.3 is 5.11 Å². The molecular weight excluding hydrogens is 450 g/mol. The largest absolute Gasteiger partial charge is 0.391 e. The Labute approximate surface area is 217 Å². The van der Waals surface area contributed by atoms with E-state index < -0.39 is 0 Å². The predicted octanol–water partition coefficient (Wildman–Crippen LogP) is 4.98. The first kappa shape index (κ1) is 25.2. The van der Waals surface area contributed by atoms with E-state index in [1.165, 1.54) is 6.42 Å². The summed E-state index contributed by atoms with van der Waals surface area (Å²) in [5.74, 6) is 2.45. The smallest absolute Gasteiger partial charge is 0.141 e. The first-order valence-corrected chi connectivity index (χ1v) is 15.1. The zero-order valence-corrected chi connectivity index (χ0v) is 22.8. The summed E-state index contributed by atoms with van der Waals surface area (Å²) in [6, 6.07) is 0.0477. The van der Waals surface area contributed by atoms with Crippen LogP contribution in [0.1, 0.15) is 104 Å². The van der Waals surface area contributed by atoms with E-state index >= 15 is 0 Å². The monoisotopic (exact) mass is 497 g/mol. The van der Waals surface area contributed by atoms with Crippen LogP contribution in [0.3, 0.4) is 0 Å². The van der Waals surface area contributed by atoms with Crippen LogP contribution < -0.4 is 0 Å². The number of piperidine rings is 1. The molecule has 1 spiro atoms. The van der Waals surface area contributed by atoms with E-state index in [4.69, 9.17) is 0 Å². The Morgan fingerprint density at radius 1 is 1.00 bits per heavy atom. The van der Waals surface area contributed by atoms with Crippen LogP contribution in [0.15, 0.2) is 0 Å². The van der Waals surface area contributed by atoms with Crippen molar-refractivity contribution in [2.75, 3.05) is 13.1 Å². The lowest BCUT2D eigenvalue weighted by Gasteiger charge is -2.62. The Kier molecular flexibility index (Phi) is 6.11. The highest BCUT2D eigenvalue weighted by atomic mass is 16.3. The van der Waals surface area contributed by atoms with Gasteiger partial charge >= 0.3 is 0 Å². The minimum absolute atomic E-state index is 0.0384. The number of likely N-dealkylation sites (tertiary alicyclic amines) is 1. The molecular formula is C31H47NO4. The first-order valence-electron chi connectivity index (χ1n) is 15.1. The highest BCUT2D eigenvalue weighted by Crippen LogP contribution is 2.66. The fourth-order valence-electron chi connectivity index (χ4n) is 11.2. The van der Waals surface area contributed by atoms with Gasteiger partial charge in [0.05, 0.1) is 6.10 Å². The number of carbonyl (C=O) groups is 3. The molecule has 1 saturated heterocycles. The normalized spacial score (nSPS) is 48.8. The van der Waals surface area contributed by atoms with Gasteiger partial charge in [-0.05, 0) is 86.9 Å². The van der Waals surface area contributed by atoms with Gasteiger partial charge in [0, 0.05) is 49.2 Å². The Bertz CT molecular complexity index is 939. The standard InChI is InChI=1S/C31H47NO4/c1-19(33)22-9-10-23-21-8-7-20-15-25(34)24(16-29(20,2)28(21)26(35)17-30(22,23)3)32-14-11-27(36)31(18-32)12-5-4-6-13-31/h20-25,28,34H,4-18H2,1-3H3/t20?,21-,22+,23-,24?,25?,28+,29-,30+/m0/s1. The highest BCUT2D eigenvalue weighted by molar-refractivity contribution is 5.87. The van der Waals surface area contributed by atoms with Crippen LogP contribution in [0.4, 0.5) is 0 Å². The minimum atomic E-state index is -0.369. The fourth-order valence-corrected chi connectivity index (χ4v) is 11.2. The molecule has 1 heterocycles. The van der Waals surface area contributed by atoms with Gasteiger partial charge in [-0.2, -0.15) is 0 Å². The van der Waals surface area contributed by atoms with E-state index in [2.05, 4.69) is 18.7 Å². The average molecular weight is 498 g/mol. The molecule has 200 valence electrons. The molecule has 6 rings (SSSR count). The van der Waals surface area contributed by atoms with Gasteiger partial charge in [0.25, 0.3) is 0 Å². The zero-order valence-electron chi connectivity index (χ0n) is 22.8. The maximum Gasteiger partial charge on any atom is 0.141 e. The number of carbonyl (C=O) groups excluding carboxylic acids is 3. The lowest BCUT2D eigenvalue weighted by atomic mass is 9.43. The number of aliphatic hydroxyl groups is 1. The number of fused-ring (bicyclic) bond motifs is 5. The molecule has 5 heteroatoms. The van der Waals surface area contributed by atoms with Gasteiger partial charge in [0.15, 0.2) is 0 Å². The summed E-state index contributed by atoms with van der Waals surface area (Å²) in [6.07, 6.45) is 12.2. The fraction of sp³-hybridized carbons (Fsp3) is 0.903. The molecule has 0 bridgehead atoms. The second kappa shape index (κ2) is 8.73. The van der Waals surface area contributed by atoms with Crippen molar-refractivity contribution < 1.29 is 19.5 Å². The first-order chi connectivity index (χ1) is 17.1. The predicted molar refractivity (Wildman–Crippen MR) is 138 cm³/mol. The van der Waals surface area contributed by atoms with Crippen LogP contribution in [-0.4, -0.2) is 52.6 Å². The number of hydrogen-bond acceptors (Lipinski definition) is 5. The summed E-state index contributed by atoms with van der Waals surface area (Å²) in [6.45, 7) is 7.89. The lowest BCUT2D eigenvalue weighted by Crippen LogP contribution is -2.64. The molecule has 0 radical (unpaired) electrons. The number of hydrogen-bond donors (Lipinski definition) is 1. The van der Waals surface area contributed by atoms with E-state index in [9.17, 15) is 19.5 Å². The zero-order chi connectivity index (χ0) is 25.5. The third kappa shape index (κ3) is 3.57. The van der Waals surface area contributed by atoms with Crippen molar-refractivity contribution in [3.8, 4) is 0 Å². The van der Waals surface area contributed by atoms with E-state index in [1.54, 1.807) is 6.92 Å². The van der Waals surface area contributed by atoms with Gasteiger partial charge in [-0.15, -0.1) is 0 Å². The van der Waals surface area contributed by atoms with Crippen LogP contribution in [-0.2, 0) is 14.4 Å². The molecule has 0 aromatic rings. The third-order valence-electron chi connectivity index (χ3n) is 12.9. The maximum absolute atomic E-state index is 14.0. The molecule has 5 aliphatic carbocycles. The number of aliphatic hydroxyl groups excluding tert-OH is 1. The average Bonchev–Trinajstić information content (AvgIpc) is 3.18. The van der Waals surface area contributed by atoms with E-state index in [-0.39, 0.29) is 46.0 Å². The van der Waals surface area contributed by atoms with E-state index in [1.807, 2.05) is 0 Å². The molecule has 9 atom stereocenters. The second-order valence-corrected chi connectivity index (χ2v) is 14.5. The van der Waals surface area contributed by atoms with Crippen LogP contribution in [0.25, 0.3) is 0 Å². The Hall–Kier alpha value is -1.07. The van der Waals surface area contributed by atoms with Crippen molar-refractivity contribution in [2.45, 2.75) is 116 Å². The number of nitrogens with zero attached hydrogens (tertiary/aromatic N) is 1. The molecule has 6 fully saturated rings. The highest BCUT2D eigenvalue weighted by Gasteiger charge is 2.65. The van der Waals surface area contributed by atoms with Gasteiger partial charge in [0.1, 0.15) is 17.3 Å². The molecule has 6 aliphatic rings. The van der Waals surface area contributed by atoms with Crippen molar-refractivity contribution in [1.82, 2.24) is 4.90 Å². The van der Waals surface area contributed by atoms with Crippen LogP contribution >= 0.6 is 0 Å². The summed E-state index contributed by atoms with van der Waals surface area (Å²) in [4.78, 5) is 42.1. The molecule has 1 N–H and O–H groups in total. The Morgan fingerprint density at radius 3 is 2.47 bits per heavy atom. The van der Waals surface area contributed by atoms with Crippen molar-refractivity contribution in [3.63, 3.8) is 0 Å².